The van der Waals surface area contributed by atoms with Gasteiger partial charge in [0.2, 0.25) is 0 Å². The lowest BCUT2D eigenvalue weighted by molar-refractivity contribution is 0.669. The van der Waals surface area contributed by atoms with Gasteiger partial charge in [-0.25, -0.2) is 0 Å². The van der Waals surface area contributed by atoms with Crippen LogP contribution in [0.3, 0.4) is 0 Å². The highest BCUT2D eigenvalue weighted by atomic mass is 16.3. The molecule has 3 heteroatoms. The lowest BCUT2D eigenvalue weighted by Crippen LogP contribution is -2.09. The zero-order valence-electron chi connectivity index (χ0n) is 29.9. The van der Waals surface area contributed by atoms with E-state index >= 15 is 0 Å². The standard InChI is InChI=1S/C52H34N2O/c1-2-12-35(13-3-1)36-22-26-39(27-23-36)53(41-30-31-52-48(33-41)46-18-8-11-21-51(46)55-52)40-28-24-37(25-29-40)47-34-42(32-38-14-4-5-15-43(38)47)54-49-19-9-6-16-44(49)45-17-7-10-20-50(45)54/h1-34H. The van der Waals surface area contributed by atoms with Crippen LogP contribution in [-0.4, -0.2) is 4.57 Å². The Morgan fingerprint density at radius 3 is 1.58 bits per heavy atom. The first kappa shape index (κ1) is 31.2. The zero-order valence-corrected chi connectivity index (χ0v) is 29.9. The van der Waals surface area contributed by atoms with Crippen molar-refractivity contribution in [1.29, 1.82) is 0 Å². The summed E-state index contributed by atoms with van der Waals surface area (Å²) in [7, 11) is 0. The topological polar surface area (TPSA) is 21.3 Å². The zero-order chi connectivity index (χ0) is 36.3. The number of nitrogens with zero attached hydrogens (tertiary/aromatic N) is 2. The van der Waals surface area contributed by atoms with Crippen molar-refractivity contribution < 1.29 is 4.42 Å². The van der Waals surface area contributed by atoms with Gasteiger partial charge < -0.3 is 13.9 Å². The molecule has 0 aliphatic carbocycles. The fourth-order valence-corrected chi connectivity index (χ4v) is 8.39. The van der Waals surface area contributed by atoms with Gasteiger partial charge in [0.15, 0.2) is 0 Å². The summed E-state index contributed by atoms with van der Waals surface area (Å²) < 4.78 is 8.63. The van der Waals surface area contributed by atoms with Crippen LogP contribution in [0.2, 0.25) is 0 Å². The summed E-state index contributed by atoms with van der Waals surface area (Å²) >= 11 is 0. The summed E-state index contributed by atoms with van der Waals surface area (Å²) in [5.41, 5.74) is 13.3. The average molecular weight is 703 g/mol. The van der Waals surface area contributed by atoms with E-state index in [-0.39, 0.29) is 0 Å². The van der Waals surface area contributed by atoms with E-state index in [0.717, 1.165) is 44.7 Å². The number of para-hydroxylation sites is 3. The predicted octanol–water partition coefficient (Wildman–Crippen LogP) is 14.6. The second-order valence-corrected chi connectivity index (χ2v) is 14.2. The lowest BCUT2D eigenvalue weighted by Gasteiger charge is -2.26. The fraction of sp³-hybridized carbons (Fsp3) is 0. The number of anilines is 3. The molecule has 2 heterocycles. The molecule has 0 unspecified atom stereocenters. The molecular formula is C52H34N2O. The molecule has 0 amide bonds. The third-order valence-corrected chi connectivity index (χ3v) is 11.0. The Balaban J connectivity index is 1.06. The van der Waals surface area contributed by atoms with E-state index in [1.807, 2.05) is 12.1 Å². The van der Waals surface area contributed by atoms with Crippen LogP contribution in [0.4, 0.5) is 17.1 Å². The summed E-state index contributed by atoms with van der Waals surface area (Å²) in [5.74, 6) is 0. The highest BCUT2D eigenvalue weighted by molar-refractivity contribution is 6.10. The Bertz CT molecular complexity index is 3140. The fourth-order valence-electron chi connectivity index (χ4n) is 8.39. The maximum Gasteiger partial charge on any atom is 0.135 e. The summed E-state index contributed by atoms with van der Waals surface area (Å²) in [6.07, 6.45) is 0. The van der Waals surface area contributed by atoms with Crippen molar-refractivity contribution in [2.45, 2.75) is 0 Å². The third-order valence-electron chi connectivity index (χ3n) is 11.0. The van der Waals surface area contributed by atoms with Gasteiger partial charge in [0.25, 0.3) is 0 Å². The van der Waals surface area contributed by atoms with Crippen LogP contribution in [0.1, 0.15) is 0 Å². The van der Waals surface area contributed by atoms with Gasteiger partial charge >= 0.3 is 0 Å². The maximum absolute atomic E-state index is 6.23. The van der Waals surface area contributed by atoms with Gasteiger partial charge in [0.1, 0.15) is 11.2 Å². The minimum atomic E-state index is 0.884. The van der Waals surface area contributed by atoms with Gasteiger partial charge in [-0.05, 0) is 106 Å². The lowest BCUT2D eigenvalue weighted by atomic mass is 9.96. The minimum Gasteiger partial charge on any atom is -0.456 e. The number of hydrogen-bond acceptors (Lipinski definition) is 2. The number of rotatable bonds is 6. The van der Waals surface area contributed by atoms with E-state index in [2.05, 4.69) is 204 Å². The molecule has 258 valence electrons. The first-order chi connectivity index (χ1) is 27.3. The molecule has 0 aliphatic heterocycles. The second kappa shape index (κ2) is 12.6. The summed E-state index contributed by atoms with van der Waals surface area (Å²) in [6.45, 7) is 0. The SMILES string of the molecule is c1ccc(-c2ccc(N(c3ccc(-c4cc(-n5c6ccccc6c6ccccc65)cc5ccccc45)cc3)c3ccc4oc5ccccc5c4c3)cc2)cc1. The van der Waals surface area contributed by atoms with Gasteiger partial charge in [-0.2, -0.15) is 0 Å². The van der Waals surface area contributed by atoms with Crippen LogP contribution < -0.4 is 4.90 Å². The normalized spacial score (nSPS) is 11.6. The molecule has 0 radical (unpaired) electrons. The molecular weight excluding hydrogens is 669 g/mol. The molecule has 0 fully saturated rings. The Morgan fingerprint density at radius 2 is 0.873 bits per heavy atom. The van der Waals surface area contributed by atoms with Gasteiger partial charge in [0.05, 0.1) is 11.0 Å². The Morgan fingerprint density at radius 1 is 0.345 bits per heavy atom. The average Bonchev–Trinajstić information content (AvgIpc) is 3.80. The first-order valence-electron chi connectivity index (χ1n) is 18.8. The van der Waals surface area contributed by atoms with Crippen LogP contribution in [0, 0.1) is 0 Å². The molecule has 0 aliphatic rings. The van der Waals surface area contributed by atoms with Crippen LogP contribution in [0.25, 0.3) is 82.5 Å². The van der Waals surface area contributed by atoms with E-state index in [1.165, 1.54) is 54.8 Å². The predicted molar refractivity (Wildman–Crippen MR) is 231 cm³/mol. The van der Waals surface area contributed by atoms with Crippen molar-refractivity contribution in [2.24, 2.45) is 0 Å². The van der Waals surface area contributed by atoms with Crippen LogP contribution in [0.5, 0.6) is 0 Å². The molecule has 11 aromatic rings. The van der Waals surface area contributed by atoms with Crippen molar-refractivity contribution in [3.63, 3.8) is 0 Å². The highest BCUT2D eigenvalue weighted by Crippen LogP contribution is 2.41. The second-order valence-electron chi connectivity index (χ2n) is 14.2. The molecule has 3 nitrogen and oxygen atoms in total. The van der Waals surface area contributed by atoms with Crippen molar-refractivity contribution >= 4 is 71.6 Å². The van der Waals surface area contributed by atoms with Crippen molar-refractivity contribution in [3.05, 3.63) is 206 Å². The summed E-state index contributed by atoms with van der Waals surface area (Å²) in [4.78, 5) is 2.34. The van der Waals surface area contributed by atoms with E-state index in [4.69, 9.17) is 4.42 Å². The van der Waals surface area contributed by atoms with E-state index in [0.29, 0.717) is 0 Å². The first-order valence-corrected chi connectivity index (χ1v) is 18.8. The van der Waals surface area contributed by atoms with Gasteiger partial charge in [0, 0.05) is 44.3 Å². The molecule has 11 rings (SSSR count). The Labute approximate surface area is 318 Å². The largest absolute Gasteiger partial charge is 0.456 e. The molecule has 0 spiro atoms. The number of hydrogen-bond donors (Lipinski definition) is 0. The molecule has 0 saturated carbocycles. The Kier molecular flexibility index (Phi) is 7.17. The summed E-state index contributed by atoms with van der Waals surface area (Å²) in [6, 6.07) is 74.0. The van der Waals surface area contributed by atoms with E-state index in [1.54, 1.807) is 0 Å². The van der Waals surface area contributed by atoms with Crippen molar-refractivity contribution in [3.8, 4) is 27.9 Å². The number of furan rings is 1. The van der Waals surface area contributed by atoms with Gasteiger partial charge in [-0.1, -0.05) is 133 Å². The molecule has 55 heavy (non-hydrogen) atoms. The monoisotopic (exact) mass is 702 g/mol. The maximum atomic E-state index is 6.23. The van der Waals surface area contributed by atoms with Crippen molar-refractivity contribution in [1.82, 2.24) is 4.57 Å². The van der Waals surface area contributed by atoms with Crippen LogP contribution >= 0.6 is 0 Å². The number of benzene rings is 9. The van der Waals surface area contributed by atoms with Gasteiger partial charge in [-0.3, -0.25) is 0 Å². The van der Waals surface area contributed by atoms with Crippen LogP contribution in [-0.2, 0) is 0 Å². The quantitative estimate of drug-likeness (QED) is 0.172. The summed E-state index contributed by atoms with van der Waals surface area (Å²) in [5, 5.41) is 7.17. The molecule has 0 N–H and O–H groups in total. The number of fused-ring (bicyclic) bond motifs is 7. The van der Waals surface area contributed by atoms with Gasteiger partial charge in [-0.15, -0.1) is 0 Å². The number of aromatic nitrogens is 1. The Hall–Kier alpha value is -7.36. The smallest absolute Gasteiger partial charge is 0.135 e. The molecule has 9 aromatic carbocycles. The van der Waals surface area contributed by atoms with E-state index < -0.39 is 0 Å². The highest BCUT2D eigenvalue weighted by Gasteiger charge is 2.18. The molecule has 0 bridgehead atoms. The molecule has 2 aromatic heterocycles. The minimum absolute atomic E-state index is 0.884. The molecule has 0 saturated heterocycles. The molecule has 0 atom stereocenters. The third kappa shape index (κ3) is 5.20. The van der Waals surface area contributed by atoms with Crippen molar-refractivity contribution in [2.75, 3.05) is 4.90 Å². The van der Waals surface area contributed by atoms with E-state index in [9.17, 15) is 0 Å². The van der Waals surface area contributed by atoms with Crippen LogP contribution in [0.15, 0.2) is 211 Å².